The molecule has 10 nitrogen and oxygen atoms in total. The Morgan fingerprint density at radius 2 is 1.76 bits per heavy atom. The van der Waals surface area contributed by atoms with Crippen LogP contribution in [0, 0.1) is 5.92 Å². The number of hydrogen-bond acceptors (Lipinski definition) is 7. The minimum Gasteiger partial charge on any atom is -0.370 e. The van der Waals surface area contributed by atoms with Crippen LogP contribution in [0.3, 0.4) is 0 Å². The van der Waals surface area contributed by atoms with Crippen molar-refractivity contribution in [3.63, 3.8) is 0 Å². The van der Waals surface area contributed by atoms with E-state index in [2.05, 4.69) is 22.2 Å². The maximum atomic E-state index is 14.3. The van der Waals surface area contributed by atoms with Crippen molar-refractivity contribution in [1.29, 1.82) is 0 Å². The number of nitrogens with zero attached hydrogens (tertiary/aromatic N) is 4. The number of hydrogen-bond donors (Lipinski definition) is 1. The number of carbonyl (C=O) groups excluding carboxylic acids is 1. The Bertz CT molecular complexity index is 1910. The van der Waals surface area contributed by atoms with E-state index in [0.717, 1.165) is 77.7 Å². The first-order valence-electron chi connectivity index (χ1n) is 15.8. The number of fused-ring (bicyclic) bond motifs is 1. The lowest BCUT2D eigenvalue weighted by atomic mass is 9.92. The summed E-state index contributed by atoms with van der Waals surface area (Å²) in [6.07, 6.45) is 7.15. The summed E-state index contributed by atoms with van der Waals surface area (Å²) in [4.78, 5) is 40.6. The first kappa shape index (κ1) is 30.5. The molecular formula is C35H39N5O5. The van der Waals surface area contributed by atoms with E-state index in [1.807, 2.05) is 77.5 Å². The molecule has 0 bridgehead atoms. The number of nitrogens with one attached hydrogen (secondary N) is 1. The van der Waals surface area contributed by atoms with Crippen LogP contribution in [0.4, 0.5) is 0 Å². The zero-order valence-corrected chi connectivity index (χ0v) is 26.0. The molecule has 1 aliphatic rings. The highest BCUT2D eigenvalue weighted by Gasteiger charge is 2.28. The number of ether oxygens (including phenoxy) is 1. The van der Waals surface area contributed by atoms with E-state index in [4.69, 9.17) is 9.26 Å². The number of aromatic nitrogens is 5. The summed E-state index contributed by atoms with van der Waals surface area (Å²) >= 11 is 0. The average Bonchev–Trinajstić information content (AvgIpc) is 3.72. The molecule has 0 radical (unpaired) electrons. The van der Waals surface area contributed by atoms with Crippen molar-refractivity contribution in [2.24, 2.45) is 5.92 Å². The number of rotatable bonds is 11. The van der Waals surface area contributed by atoms with Crippen molar-refractivity contribution in [3.05, 3.63) is 98.5 Å². The molecule has 3 aromatic heterocycles. The van der Waals surface area contributed by atoms with Gasteiger partial charge < -0.3 is 4.74 Å². The normalized spacial score (nSPS) is 16.9. The van der Waals surface area contributed by atoms with Gasteiger partial charge in [-0.2, -0.15) is 5.10 Å². The zero-order chi connectivity index (χ0) is 31.5. The molecule has 2 aromatic carbocycles. The number of H-pyrrole nitrogens is 1. The van der Waals surface area contributed by atoms with Crippen LogP contribution in [-0.2, 0) is 22.4 Å². The summed E-state index contributed by atoms with van der Waals surface area (Å²) in [5, 5.41) is 8.53. The number of carbonyl (C=O) groups is 1. The summed E-state index contributed by atoms with van der Waals surface area (Å²) in [6.45, 7) is 6.05. The Balaban J connectivity index is 1.28. The van der Waals surface area contributed by atoms with Crippen molar-refractivity contribution >= 4 is 11.4 Å². The number of aryl methyl sites for hydroxylation is 1. The number of benzene rings is 2. The SMILES string of the molecule is CCCc1c(Cc2ccc(-c3ccccc3-c3noc(=O)[nH]3)cc2)c(=O)n([C@H]2CC[C@H](OCC(=O)C(C)C)CC2)c2ccnn12. The average molecular weight is 610 g/mol. The molecule has 10 heteroatoms. The predicted octanol–water partition coefficient (Wildman–Crippen LogP) is 5.78. The van der Waals surface area contributed by atoms with Crippen molar-refractivity contribution in [3.8, 4) is 22.5 Å². The van der Waals surface area contributed by atoms with Gasteiger partial charge in [0.05, 0.1) is 18.0 Å². The van der Waals surface area contributed by atoms with Crippen LogP contribution in [-0.4, -0.2) is 42.8 Å². The molecule has 45 heavy (non-hydrogen) atoms. The zero-order valence-electron chi connectivity index (χ0n) is 26.0. The molecule has 1 aliphatic carbocycles. The fourth-order valence-electron chi connectivity index (χ4n) is 6.34. The second kappa shape index (κ2) is 13.2. The second-order valence-electron chi connectivity index (χ2n) is 12.2. The third kappa shape index (κ3) is 6.33. The van der Waals surface area contributed by atoms with E-state index in [1.165, 1.54) is 0 Å². The molecule has 0 unspecified atom stereocenters. The molecule has 3 heterocycles. The van der Waals surface area contributed by atoms with Crippen molar-refractivity contribution in [2.45, 2.75) is 77.9 Å². The third-order valence-electron chi connectivity index (χ3n) is 8.82. The molecule has 5 aromatic rings. The lowest BCUT2D eigenvalue weighted by Crippen LogP contribution is -2.35. The molecular weight excluding hydrogens is 570 g/mol. The topological polar surface area (TPSA) is 124 Å². The summed E-state index contributed by atoms with van der Waals surface area (Å²) in [6, 6.07) is 17.8. The first-order chi connectivity index (χ1) is 21.8. The minimum atomic E-state index is -0.600. The van der Waals surface area contributed by atoms with Gasteiger partial charge in [0.25, 0.3) is 5.56 Å². The lowest BCUT2D eigenvalue weighted by molar-refractivity contribution is -0.129. The van der Waals surface area contributed by atoms with Crippen LogP contribution in [0.5, 0.6) is 0 Å². The maximum absolute atomic E-state index is 14.3. The minimum absolute atomic E-state index is 0.0339. The highest BCUT2D eigenvalue weighted by Crippen LogP contribution is 2.32. The number of aromatic amines is 1. The van der Waals surface area contributed by atoms with Gasteiger partial charge in [-0.3, -0.25) is 23.7 Å². The Labute approximate surface area is 261 Å². The molecule has 1 N–H and O–H groups in total. The maximum Gasteiger partial charge on any atom is 0.439 e. The molecule has 6 rings (SSSR count). The predicted molar refractivity (Wildman–Crippen MR) is 171 cm³/mol. The Kier molecular flexibility index (Phi) is 8.93. The molecule has 0 saturated heterocycles. The Hall–Kier alpha value is -4.57. The van der Waals surface area contributed by atoms with Gasteiger partial charge in [-0.25, -0.2) is 9.31 Å². The number of Topliss-reactive ketones (excluding diaryl/α,β-unsaturated/α-hetero) is 1. The largest absolute Gasteiger partial charge is 0.439 e. The van der Waals surface area contributed by atoms with Crippen LogP contribution < -0.4 is 11.3 Å². The fourth-order valence-corrected chi connectivity index (χ4v) is 6.34. The summed E-state index contributed by atoms with van der Waals surface area (Å²) in [5.74, 6) is -0.138. The molecule has 0 atom stereocenters. The fraction of sp³-hybridized carbons (Fsp3) is 0.400. The standard InChI is InChI=1S/C35H39N5O5/c1-4-7-30-29(20-23-10-12-24(13-11-23)27-8-5-6-9-28(27)33-37-35(43)45-38-33)34(42)39(32-18-19-36-40(30)32)25-14-16-26(17-15-25)44-21-31(41)22(2)3/h5-6,8-13,18-19,22,25-26H,4,7,14-17,20-21H2,1-3H3,(H,37,38,43)/t25-,26-. The smallest absolute Gasteiger partial charge is 0.370 e. The van der Waals surface area contributed by atoms with Gasteiger partial charge in [-0.15, -0.1) is 0 Å². The highest BCUT2D eigenvalue weighted by molar-refractivity contribution is 5.81. The van der Waals surface area contributed by atoms with E-state index >= 15 is 0 Å². The first-order valence-corrected chi connectivity index (χ1v) is 15.8. The molecule has 1 fully saturated rings. The quantitative estimate of drug-likeness (QED) is 0.201. The van der Waals surface area contributed by atoms with Gasteiger partial charge in [0.2, 0.25) is 0 Å². The van der Waals surface area contributed by atoms with E-state index < -0.39 is 5.76 Å². The van der Waals surface area contributed by atoms with E-state index in [-0.39, 0.29) is 36.0 Å². The van der Waals surface area contributed by atoms with E-state index in [0.29, 0.717) is 12.2 Å². The van der Waals surface area contributed by atoms with Gasteiger partial charge in [0, 0.05) is 35.6 Å². The van der Waals surface area contributed by atoms with E-state index in [9.17, 15) is 14.4 Å². The summed E-state index contributed by atoms with van der Waals surface area (Å²) < 4.78 is 14.6. The molecule has 0 spiro atoms. The number of ketones is 1. The van der Waals surface area contributed by atoms with Crippen molar-refractivity contribution in [1.82, 2.24) is 24.3 Å². The third-order valence-corrected chi connectivity index (χ3v) is 8.82. The van der Waals surface area contributed by atoms with Crippen LogP contribution >= 0.6 is 0 Å². The van der Waals surface area contributed by atoms with Gasteiger partial charge >= 0.3 is 5.76 Å². The van der Waals surface area contributed by atoms with Crippen LogP contribution in [0.25, 0.3) is 28.2 Å². The van der Waals surface area contributed by atoms with Gasteiger partial charge in [-0.1, -0.05) is 80.9 Å². The van der Waals surface area contributed by atoms with Gasteiger partial charge in [-0.05, 0) is 48.8 Å². The molecule has 234 valence electrons. The second-order valence-corrected chi connectivity index (χ2v) is 12.2. The van der Waals surface area contributed by atoms with Crippen LogP contribution in [0.15, 0.2) is 74.9 Å². The lowest BCUT2D eigenvalue weighted by Gasteiger charge is -2.31. The highest BCUT2D eigenvalue weighted by atomic mass is 16.5. The van der Waals surface area contributed by atoms with Gasteiger partial charge in [0.15, 0.2) is 11.6 Å². The molecule has 0 amide bonds. The summed E-state index contributed by atoms with van der Waals surface area (Å²) in [5.41, 5.74) is 6.23. The summed E-state index contributed by atoms with van der Waals surface area (Å²) in [7, 11) is 0. The Morgan fingerprint density at radius 1 is 1.02 bits per heavy atom. The van der Waals surface area contributed by atoms with Crippen molar-refractivity contribution in [2.75, 3.05) is 6.61 Å². The molecule has 1 saturated carbocycles. The van der Waals surface area contributed by atoms with E-state index in [1.54, 1.807) is 6.20 Å². The monoisotopic (exact) mass is 609 g/mol. The van der Waals surface area contributed by atoms with Crippen LogP contribution in [0.1, 0.15) is 75.7 Å². The van der Waals surface area contributed by atoms with Crippen molar-refractivity contribution < 1.29 is 14.1 Å². The Morgan fingerprint density at radius 3 is 2.42 bits per heavy atom. The van der Waals surface area contributed by atoms with Crippen LogP contribution in [0.2, 0.25) is 0 Å². The van der Waals surface area contributed by atoms with Gasteiger partial charge in [0.1, 0.15) is 12.3 Å². The molecule has 0 aliphatic heterocycles.